The fourth-order valence-electron chi connectivity index (χ4n) is 3.90. The Morgan fingerprint density at radius 2 is 1.61 bits per heavy atom. The van der Waals surface area contributed by atoms with Crippen LogP contribution in [0.5, 0.6) is 5.75 Å². The summed E-state index contributed by atoms with van der Waals surface area (Å²) in [5, 5.41) is 4.59. The molecule has 4 N–H and O–H groups in total. The second-order valence-corrected chi connectivity index (χ2v) is 8.87. The lowest BCUT2D eigenvalue weighted by molar-refractivity contribution is -0.140. The number of fused-ring (bicyclic) bond motifs is 1. The predicted octanol–water partition coefficient (Wildman–Crippen LogP) is 6.22. The maximum atomic E-state index is 12.4. The van der Waals surface area contributed by atoms with E-state index in [1.54, 1.807) is 36.2 Å². The van der Waals surface area contributed by atoms with E-state index in [2.05, 4.69) is 10.1 Å². The number of pyridine rings is 1. The Labute approximate surface area is 219 Å². The number of amides is 1. The molecular weight excluding hydrogens is 495 g/mol. The molecular formula is C28H32F3N5O2. The Balaban J connectivity index is 0.000000174. The van der Waals surface area contributed by atoms with E-state index in [1.807, 2.05) is 24.3 Å². The Bertz CT molecular complexity index is 1300. The summed E-state index contributed by atoms with van der Waals surface area (Å²) in [5.41, 5.74) is 11.5. The number of alkyl halides is 3. The fourth-order valence-corrected chi connectivity index (χ4v) is 3.90. The minimum atomic E-state index is -4.46. The van der Waals surface area contributed by atoms with Crippen molar-refractivity contribution in [3.05, 3.63) is 83.8 Å². The first-order chi connectivity index (χ1) is 18.2. The van der Waals surface area contributed by atoms with Gasteiger partial charge in [-0.25, -0.2) is 4.98 Å². The van der Waals surface area contributed by atoms with Gasteiger partial charge in [0, 0.05) is 17.3 Å². The van der Waals surface area contributed by atoms with Gasteiger partial charge in [-0.15, -0.1) is 0 Å². The molecule has 2 heterocycles. The van der Waals surface area contributed by atoms with E-state index in [9.17, 15) is 18.0 Å². The number of ether oxygens (including phenoxy) is 1. The van der Waals surface area contributed by atoms with Crippen LogP contribution >= 0.6 is 0 Å². The average Bonchev–Trinajstić information content (AvgIpc) is 3.39. The molecule has 2 aromatic carbocycles. The van der Waals surface area contributed by atoms with Gasteiger partial charge in [0.1, 0.15) is 11.4 Å². The minimum absolute atomic E-state index is 0.0907. The number of carbonyl (C=O) groups is 1. The third-order valence-electron chi connectivity index (χ3n) is 5.96. The Morgan fingerprint density at radius 3 is 2.13 bits per heavy atom. The third kappa shape index (κ3) is 8.50. The van der Waals surface area contributed by atoms with Crippen molar-refractivity contribution < 1.29 is 22.7 Å². The zero-order chi connectivity index (χ0) is 27.5. The largest absolute Gasteiger partial charge is 0.497 e. The van der Waals surface area contributed by atoms with E-state index in [1.165, 1.54) is 50.8 Å². The van der Waals surface area contributed by atoms with E-state index in [-0.39, 0.29) is 11.2 Å². The zero-order valence-corrected chi connectivity index (χ0v) is 21.2. The quantitative estimate of drug-likeness (QED) is 0.328. The minimum Gasteiger partial charge on any atom is -0.497 e. The molecule has 1 saturated carbocycles. The van der Waals surface area contributed by atoms with Gasteiger partial charge in [-0.3, -0.25) is 9.48 Å². The maximum Gasteiger partial charge on any atom is 0.433 e. The monoisotopic (exact) mass is 527 g/mol. The lowest BCUT2D eigenvalue weighted by Crippen LogP contribution is -2.09. The van der Waals surface area contributed by atoms with Gasteiger partial charge >= 0.3 is 6.18 Å². The van der Waals surface area contributed by atoms with Crippen molar-refractivity contribution in [2.24, 2.45) is 5.73 Å². The van der Waals surface area contributed by atoms with Crippen LogP contribution in [-0.4, -0.2) is 27.8 Å². The van der Waals surface area contributed by atoms with Crippen molar-refractivity contribution in [2.75, 3.05) is 12.8 Å². The van der Waals surface area contributed by atoms with Crippen LogP contribution in [0, 0.1) is 0 Å². The van der Waals surface area contributed by atoms with Crippen molar-refractivity contribution in [1.29, 1.82) is 0 Å². The molecule has 1 fully saturated rings. The summed E-state index contributed by atoms with van der Waals surface area (Å²) in [6, 6.07) is 15.0. The van der Waals surface area contributed by atoms with Crippen molar-refractivity contribution in [3.8, 4) is 5.75 Å². The molecule has 5 rings (SSSR count). The number of nitrogens with two attached hydrogens (primary N) is 2. The first-order valence-corrected chi connectivity index (χ1v) is 12.3. The lowest BCUT2D eigenvalue weighted by atomic mass is 10.0. The van der Waals surface area contributed by atoms with E-state index in [4.69, 9.17) is 16.2 Å². The molecule has 0 spiro atoms. The number of para-hydroxylation sites is 1. The van der Waals surface area contributed by atoms with Crippen LogP contribution in [0.2, 0.25) is 0 Å². The van der Waals surface area contributed by atoms with Crippen molar-refractivity contribution >= 4 is 22.5 Å². The number of benzene rings is 2. The summed E-state index contributed by atoms with van der Waals surface area (Å²) in [5.74, 6) is 0.345. The summed E-state index contributed by atoms with van der Waals surface area (Å²) in [4.78, 5) is 14.4. The standard InChI is InChI=1S/C12H13N3O2.C10H7F3N2.C6H12/c1-17-11-4-2-9(3-5-11)7-15-8-10(6-14-15)12(13)16;11-10(12,13)9-5-7(14)6-3-1-2-4-8(6)15-9;1-2-4-6-5-3-1/h2-6,8H,7H2,1H3,(H2,13,16);1-5H,(H2,14,15);1-6H2. The molecule has 10 heteroatoms. The van der Waals surface area contributed by atoms with Crippen LogP contribution in [0.3, 0.4) is 0 Å². The van der Waals surface area contributed by atoms with Crippen molar-refractivity contribution in [2.45, 2.75) is 51.2 Å². The molecule has 1 amide bonds. The topological polar surface area (TPSA) is 109 Å². The van der Waals surface area contributed by atoms with Crippen LogP contribution < -0.4 is 16.2 Å². The number of rotatable bonds is 4. The SMILES string of the molecule is C1CCCCC1.COc1ccc(Cn2cc(C(N)=O)cn2)cc1.Nc1cc(C(F)(F)F)nc2ccccc12. The normalized spacial score (nSPS) is 13.1. The molecule has 38 heavy (non-hydrogen) atoms. The summed E-state index contributed by atoms with van der Waals surface area (Å²) >= 11 is 0. The van der Waals surface area contributed by atoms with Gasteiger partial charge in [0.15, 0.2) is 0 Å². The summed E-state index contributed by atoms with van der Waals surface area (Å²) in [6.07, 6.45) is 7.64. The third-order valence-corrected chi connectivity index (χ3v) is 5.96. The van der Waals surface area contributed by atoms with Gasteiger partial charge in [0.05, 0.1) is 30.9 Å². The first kappa shape index (κ1) is 28.5. The van der Waals surface area contributed by atoms with E-state index in [0.29, 0.717) is 17.5 Å². The molecule has 0 unspecified atom stereocenters. The molecule has 0 saturated heterocycles. The molecule has 0 atom stereocenters. The van der Waals surface area contributed by atoms with Crippen LogP contribution in [-0.2, 0) is 12.7 Å². The van der Waals surface area contributed by atoms with Crippen molar-refractivity contribution in [3.63, 3.8) is 0 Å². The highest BCUT2D eigenvalue weighted by atomic mass is 19.4. The number of nitrogens with zero attached hydrogens (tertiary/aromatic N) is 3. The lowest BCUT2D eigenvalue weighted by Gasteiger charge is -2.08. The fraction of sp³-hybridized carbons (Fsp3) is 0.321. The number of carbonyl (C=O) groups excluding carboxylic acids is 1. The maximum absolute atomic E-state index is 12.4. The molecule has 7 nitrogen and oxygen atoms in total. The number of anilines is 1. The van der Waals surface area contributed by atoms with Gasteiger partial charge < -0.3 is 16.2 Å². The Hall–Kier alpha value is -4.08. The summed E-state index contributed by atoms with van der Waals surface area (Å²) < 4.78 is 43.9. The van der Waals surface area contributed by atoms with Gasteiger partial charge in [0.25, 0.3) is 5.91 Å². The number of halogens is 3. The number of methoxy groups -OCH3 is 1. The number of aromatic nitrogens is 3. The predicted molar refractivity (Wildman–Crippen MR) is 142 cm³/mol. The van der Waals surface area contributed by atoms with Gasteiger partial charge in [-0.05, 0) is 29.8 Å². The number of hydrogen-bond donors (Lipinski definition) is 2. The van der Waals surface area contributed by atoms with Gasteiger partial charge in [0.2, 0.25) is 0 Å². The Morgan fingerprint density at radius 1 is 1.00 bits per heavy atom. The van der Waals surface area contributed by atoms with Gasteiger partial charge in [-0.2, -0.15) is 18.3 Å². The molecule has 0 bridgehead atoms. The van der Waals surface area contributed by atoms with Crippen LogP contribution in [0.4, 0.5) is 18.9 Å². The van der Waals surface area contributed by atoms with Crippen molar-refractivity contribution in [1.82, 2.24) is 14.8 Å². The van der Waals surface area contributed by atoms with Crippen LogP contribution in [0.1, 0.15) is 60.1 Å². The smallest absolute Gasteiger partial charge is 0.433 e. The van der Waals surface area contributed by atoms with Crippen LogP contribution in [0.15, 0.2) is 67.0 Å². The van der Waals surface area contributed by atoms with E-state index in [0.717, 1.165) is 17.4 Å². The first-order valence-electron chi connectivity index (χ1n) is 12.3. The highest BCUT2D eigenvalue weighted by Crippen LogP contribution is 2.31. The van der Waals surface area contributed by atoms with E-state index < -0.39 is 17.8 Å². The molecule has 4 aromatic rings. The summed E-state index contributed by atoms with van der Waals surface area (Å²) in [6.45, 7) is 0.595. The second kappa shape index (κ2) is 13.5. The molecule has 202 valence electrons. The van der Waals surface area contributed by atoms with Gasteiger partial charge in [-0.1, -0.05) is 68.9 Å². The second-order valence-electron chi connectivity index (χ2n) is 8.87. The number of hydrogen-bond acceptors (Lipinski definition) is 5. The molecule has 1 aliphatic rings. The van der Waals surface area contributed by atoms with Crippen LogP contribution in [0.25, 0.3) is 10.9 Å². The number of primary amides is 1. The Kier molecular flexibility index (Phi) is 10.1. The highest BCUT2D eigenvalue weighted by molar-refractivity contribution is 5.92. The summed E-state index contributed by atoms with van der Waals surface area (Å²) in [7, 11) is 1.63. The molecule has 2 aromatic heterocycles. The average molecular weight is 528 g/mol. The molecule has 0 radical (unpaired) electrons. The highest BCUT2D eigenvalue weighted by Gasteiger charge is 2.33. The van der Waals surface area contributed by atoms with E-state index >= 15 is 0 Å². The number of nitrogen functional groups attached to an aromatic ring is 1. The zero-order valence-electron chi connectivity index (χ0n) is 21.2. The molecule has 0 aliphatic heterocycles. The molecule has 1 aliphatic carbocycles.